The van der Waals surface area contributed by atoms with E-state index >= 15 is 0 Å². The SMILES string of the molecule is C[C@H]1CCN(C(C)(C)C)P(=O)(Cc2ccccc2)O1. The highest BCUT2D eigenvalue weighted by molar-refractivity contribution is 7.55. The Hall–Kier alpha value is -0.630. The predicted octanol–water partition coefficient (Wildman–Crippen LogP) is 4.29. The Bertz CT molecular complexity index is 467. The van der Waals surface area contributed by atoms with Gasteiger partial charge in [0.1, 0.15) is 0 Å². The molecule has 0 amide bonds. The summed E-state index contributed by atoms with van der Waals surface area (Å²) in [4.78, 5) is 0. The van der Waals surface area contributed by atoms with E-state index in [2.05, 4.69) is 25.4 Å². The molecule has 1 unspecified atom stereocenters. The molecular weight excluding hydrogens is 257 g/mol. The molecule has 0 aliphatic carbocycles. The van der Waals surface area contributed by atoms with Crippen molar-refractivity contribution in [2.45, 2.75) is 51.9 Å². The third-order valence-corrected chi connectivity index (χ3v) is 6.45. The normalized spacial score (nSPS) is 29.4. The van der Waals surface area contributed by atoms with E-state index in [1.807, 2.05) is 37.3 Å². The Labute approximate surface area is 116 Å². The lowest BCUT2D eigenvalue weighted by Crippen LogP contribution is -2.44. The van der Waals surface area contributed by atoms with E-state index in [0.717, 1.165) is 18.5 Å². The van der Waals surface area contributed by atoms with E-state index in [9.17, 15) is 4.57 Å². The molecule has 2 atom stereocenters. The summed E-state index contributed by atoms with van der Waals surface area (Å²) in [6.45, 7) is 9.16. The van der Waals surface area contributed by atoms with E-state index < -0.39 is 7.52 Å². The Morgan fingerprint density at radius 2 is 1.95 bits per heavy atom. The van der Waals surface area contributed by atoms with Crippen LogP contribution in [0, 0.1) is 0 Å². The maximum Gasteiger partial charge on any atom is 0.277 e. The molecule has 0 radical (unpaired) electrons. The van der Waals surface area contributed by atoms with Gasteiger partial charge in [0.05, 0.1) is 12.3 Å². The highest BCUT2D eigenvalue weighted by Gasteiger charge is 2.43. The molecule has 1 saturated heterocycles. The molecule has 1 heterocycles. The van der Waals surface area contributed by atoms with Crippen molar-refractivity contribution < 1.29 is 9.09 Å². The van der Waals surface area contributed by atoms with Crippen LogP contribution in [-0.2, 0) is 15.3 Å². The van der Waals surface area contributed by atoms with Crippen LogP contribution >= 0.6 is 7.52 Å². The van der Waals surface area contributed by atoms with Gasteiger partial charge in [-0.1, -0.05) is 30.3 Å². The fourth-order valence-electron chi connectivity index (χ4n) is 2.58. The van der Waals surface area contributed by atoms with Crippen LogP contribution < -0.4 is 0 Å². The minimum atomic E-state index is -2.79. The van der Waals surface area contributed by atoms with E-state index in [-0.39, 0.29) is 11.6 Å². The maximum atomic E-state index is 13.3. The van der Waals surface area contributed by atoms with Crippen LogP contribution in [0.4, 0.5) is 0 Å². The summed E-state index contributed by atoms with van der Waals surface area (Å²) in [5.74, 6) is 0. The van der Waals surface area contributed by atoms with Crippen molar-refractivity contribution in [3.63, 3.8) is 0 Å². The van der Waals surface area contributed by atoms with Crippen LogP contribution in [0.25, 0.3) is 0 Å². The fourth-order valence-corrected chi connectivity index (χ4v) is 5.61. The van der Waals surface area contributed by atoms with Gasteiger partial charge in [0, 0.05) is 12.1 Å². The average Bonchev–Trinajstić information content (AvgIpc) is 2.27. The first-order chi connectivity index (χ1) is 8.81. The zero-order valence-corrected chi connectivity index (χ0v) is 13.2. The van der Waals surface area contributed by atoms with E-state index in [1.54, 1.807) is 0 Å². The van der Waals surface area contributed by atoms with Crippen molar-refractivity contribution in [2.24, 2.45) is 0 Å². The molecule has 4 heteroatoms. The summed E-state index contributed by atoms with van der Waals surface area (Å²) < 4.78 is 21.3. The van der Waals surface area contributed by atoms with Crippen molar-refractivity contribution in [1.82, 2.24) is 4.67 Å². The Balaban J connectivity index is 2.27. The number of nitrogens with zero attached hydrogens (tertiary/aromatic N) is 1. The fraction of sp³-hybridized carbons (Fsp3) is 0.600. The highest BCUT2D eigenvalue weighted by atomic mass is 31.2. The lowest BCUT2D eigenvalue weighted by atomic mass is 10.1. The molecule has 0 spiro atoms. The second-order valence-electron chi connectivity index (χ2n) is 6.28. The van der Waals surface area contributed by atoms with Crippen LogP contribution in [0.2, 0.25) is 0 Å². The predicted molar refractivity (Wildman–Crippen MR) is 79.4 cm³/mol. The maximum absolute atomic E-state index is 13.3. The number of hydrogen-bond acceptors (Lipinski definition) is 2. The van der Waals surface area contributed by atoms with Crippen LogP contribution in [0.1, 0.15) is 39.7 Å². The molecule has 0 bridgehead atoms. The van der Waals surface area contributed by atoms with Gasteiger partial charge in [-0.3, -0.25) is 4.57 Å². The largest absolute Gasteiger partial charge is 0.314 e. The summed E-state index contributed by atoms with van der Waals surface area (Å²) in [6, 6.07) is 9.98. The molecule has 2 rings (SSSR count). The highest BCUT2D eigenvalue weighted by Crippen LogP contribution is 2.60. The van der Waals surface area contributed by atoms with Crippen molar-refractivity contribution in [1.29, 1.82) is 0 Å². The van der Waals surface area contributed by atoms with Gasteiger partial charge in [0.25, 0.3) is 7.52 Å². The molecule has 19 heavy (non-hydrogen) atoms. The molecule has 1 aliphatic heterocycles. The van der Waals surface area contributed by atoms with Crippen LogP contribution in [0.3, 0.4) is 0 Å². The minimum absolute atomic E-state index is 0.0770. The molecule has 0 saturated carbocycles. The van der Waals surface area contributed by atoms with Gasteiger partial charge in [-0.15, -0.1) is 0 Å². The molecule has 3 nitrogen and oxygen atoms in total. The quantitative estimate of drug-likeness (QED) is 0.757. The van der Waals surface area contributed by atoms with Gasteiger partial charge in [-0.25, -0.2) is 4.67 Å². The summed E-state index contributed by atoms with van der Waals surface area (Å²) in [7, 11) is -2.79. The molecule has 0 aromatic heterocycles. The first-order valence-electron chi connectivity index (χ1n) is 6.91. The lowest BCUT2D eigenvalue weighted by molar-refractivity contribution is 0.0992. The minimum Gasteiger partial charge on any atom is -0.314 e. The number of benzene rings is 1. The Morgan fingerprint density at radius 3 is 2.53 bits per heavy atom. The summed E-state index contributed by atoms with van der Waals surface area (Å²) >= 11 is 0. The lowest BCUT2D eigenvalue weighted by Gasteiger charge is -2.45. The summed E-state index contributed by atoms with van der Waals surface area (Å²) in [5.41, 5.74) is 0.943. The third-order valence-electron chi connectivity index (χ3n) is 3.46. The number of rotatable bonds is 2. The molecule has 1 aliphatic rings. The summed E-state index contributed by atoms with van der Waals surface area (Å²) in [5, 5.41) is 0. The second-order valence-corrected chi connectivity index (χ2v) is 8.56. The smallest absolute Gasteiger partial charge is 0.277 e. The second kappa shape index (κ2) is 5.40. The monoisotopic (exact) mass is 281 g/mol. The first kappa shape index (κ1) is 14.8. The topological polar surface area (TPSA) is 29.5 Å². The zero-order valence-electron chi connectivity index (χ0n) is 12.3. The summed E-state index contributed by atoms with van der Waals surface area (Å²) in [6.07, 6.45) is 1.51. The molecular formula is C15H24NO2P. The van der Waals surface area contributed by atoms with Crippen LogP contribution in [0.15, 0.2) is 30.3 Å². The van der Waals surface area contributed by atoms with Crippen LogP contribution in [-0.4, -0.2) is 22.9 Å². The van der Waals surface area contributed by atoms with E-state index in [4.69, 9.17) is 4.52 Å². The Kier molecular flexibility index (Phi) is 4.20. The van der Waals surface area contributed by atoms with E-state index in [0.29, 0.717) is 6.16 Å². The van der Waals surface area contributed by atoms with Gasteiger partial charge in [-0.2, -0.15) is 0 Å². The molecule has 106 valence electrons. The standard InChI is InChI=1S/C15H24NO2P/c1-13-10-11-16(15(2,3)4)19(17,18-13)12-14-8-6-5-7-9-14/h5-9,13H,10-12H2,1-4H3/t13-,19?/m0/s1. The van der Waals surface area contributed by atoms with Crippen molar-refractivity contribution in [2.75, 3.05) is 6.54 Å². The van der Waals surface area contributed by atoms with Crippen molar-refractivity contribution in [3.8, 4) is 0 Å². The van der Waals surface area contributed by atoms with Gasteiger partial charge >= 0.3 is 0 Å². The van der Waals surface area contributed by atoms with Crippen LogP contribution in [0.5, 0.6) is 0 Å². The van der Waals surface area contributed by atoms with Crippen molar-refractivity contribution >= 4 is 7.52 Å². The van der Waals surface area contributed by atoms with E-state index in [1.165, 1.54) is 0 Å². The molecule has 0 N–H and O–H groups in total. The number of hydrogen-bond donors (Lipinski definition) is 0. The molecule has 1 aromatic carbocycles. The van der Waals surface area contributed by atoms with Gasteiger partial charge in [-0.05, 0) is 39.7 Å². The zero-order chi connectivity index (χ0) is 14.1. The first-order valence-corrected chi connectivity index (χ1v) is 8.67. The average molecular weight is 281 g/mol. The van der Waals surface area contributed by atoms with Gasteiger partial charge in [0.15, 0.2) is 0 Å². The van der Waals surface area contributed by atoms with Crippen molar-refractivity contribution in [3.05, 3.63) is 35.9 Å². The Morgan fingerprint density at radius 1 is 1.32 bits per heavy atom. The molecule has 1 fully saturated rings. The third kappa shape index (κ3) is 3.47. The van der Waals surface area contributed by atoms with Gasteiger partial charge < -0.3 is 4.52 Å². The molecule has 1 aromatic rings. The van der Waals surface area contributed by atoms with Gasteiger partial charge in [0.2, 0.25) is 0 Å².